The van der Waals surface area contributed by atoms with E-state index in [1.54, 1.807) is 45.0 Å². The SMILES string of the molecule is CC(C)(C)OC(C(=O)O)c1ccccc1Cl. The zero-order valence-electron chi connectivity index (χ0n) is 9.53. The average Bonchev–Trinajstić information content (AvgIpc) is 2.13. The highest BCUT2D eigenvalue weighted by Crippen LogP contribution is 2.29. The largest absolute Gasteiger partial charge is 0.479 e. The maximum absolute atomic E-state index is 11.1. The molecule has 1 N–H and O–H groups in total. The van der Waals surface area contributed by atoms with E-state index in [1.807, 2.05) is 0 Å². The number of hydrogen-bond acceptors (Lipinski definition) is 2. The molecule has 1 aromatic rings. The third-order valence-corrected chi connectivity index (χ3v) is 2.23. The molecule has 0 amide bonds. The topological polar surface area (TPSA) is 46.5 Å². The van der Waals surface area contributed by atoms with Crippen LogP contribution in [0.2, 0.25) is 5.02 Å². The van der Waals surface area contributed by atoms with Crippen LogP contribution in [0.3, 0.4) is 0 Å². The Labute approximate surface area is 100.0 Å². The van der Waals surface area contributed by atoms with Gasteiger partial charge in [-0.05, 0) is 26.8 Å². The molecule has 0 fully saturated rings. The fourth-order valence-corrected chi connectivity index (χ4v) is 1.52. The molecule has 1 unspecified atom stereocenters. The second-order valence-corrected chi connectivity index (χ2v) is 4.88. The molecule has 3 nitrogen and oxygen atoms in total. The van der Waals surface area contributed by atoms with Gasteiger partial charge in [-0.25, -0.2) is 4.79 Å². The van der Waals surface area contributed by atoms with Crippen LogP contribution >= 0.6 is 11.6 Å². The summed E-state index contributed by atoms with van der Waals surface area (Å²) in [6.45, 7) is 5.42. The molecule has 0 saturated carbocycles. The van der Waals surface area contributed by atoms with Crippen LogP contribution in [0, 0.1) is 0 Å². The Morgan fingerprint density at radius 3 is 2.38 bits per heavy atom. The van der Waals surface area contributed by atoms with Crippen molar-refractivity contribution in [2.45, 2.75) is 32.5 Å². The summed E-state index contributed by atoms with van der Waals surface area (Å²) in [6.07, 6.45) is -1.03. The number of halogens is 1. The zero-order valence-corrected chi connectivity index (χ0v) is 10.3. The van der Waals surface area contributed by atoms with Crippen molar-refractivity contribution in [2.24, 2.45) is 0 Å². The number of aliphatic carboxylic acids is 1. The van der Waals surface area contributed by atoms with Gasteiger partial charge in [0.1, 0.15) is 0 Å². The molecule has 0 aliphatic carbocycles. The molecule has 0 radical (unpaired) electrons. The average molecular weight is 243 g/mol. The van der Waals surface area contributed by atoms with Crippen LogP contribution in [0.25, 0.3) is 0 Å². The Morgan fingerprint density at radius 2 is 1.94 bits per heavy atom. The summed E-state index contributed by atoms with van der Waals surface area (Å²) in [6, 6.07) is 6.80. The number of carboxylic acid groups (broad SMARTS) is 1. The summed E-state index contributed by atoms with van der Waals surface area (Å²) in [5, 5.41) is 9.53. The Hall–Kier alpha value is -1.06. The summed E-state index contributed by atoms with van der Waals surface area (Å²) in [5.74, 6) is -1.04. The predicted octanol–water partition coefficient (Wildman–Crippen LogP) is 3.28. The van der Waals surface area contributed by atoms with Gasteiger partial charge < -0.3 is 9.84 Å². The Balaban J connectivity index is 3.04. The number of rotatable bonds is 3. The number of benzene rings is 1. The van der Waals surface area contributed by atoms with Gasteiger partial charge in [-0.1, -0.05) is 29.8 Å². The van der Waals surface area contributed by atoms with Gasteiger partial charge in [0.05, 0.1) is 5.60 Å². The molecule has 88 valence electrons. The van der Waals surface area contributed by atoms with Gasteiger partial charge in [0.15, 0.2) is 6.10 Å². The summed E-state index contributed by atoms with van der Waals surface area (Å²) in [4.78, 5) is 11.1. The first kappa shape index (κ1) is 13.0. The van der Waals surface area contributed by atoms with Crippen LogP contribution < -0.4 is 0 Å². The van der Waals surface area contributed by atoms with Crippen LogP contribution in [0.4, 0.5) is 0 Å². The molecule has 0 saturated heterocycles. The first-order valence-corrected chi connectivity index (χ1v) is 5.34. The van der Waals surface area contributed by atoms with Crippen molar-refractivity contribution >= 4 is 17.6 Å². The molecular weight excluding hydrogens is 228 g/mol. The maximum atomic E-state index is 11.1. The number of carbonyl (C=O) groups is 1. The lowest BCUT2D eigenvalue weighted by Crippen LogP contribution is -2.27. The van der Waals surface area contributed by atoms with E-state index >= 15 is 0 Å². The van der Waals surface area contributed by atoms with Crippen LogP contribution in [0.1, 0.15) is 32.4 Å². The molecule has 1 aromatic carbocycles. The normalized spacial score (nSPS) is 13.5. The van der Waals surface area contributed by atoms with Crippen LogP contribution in [-0.4, -0.2) is 16.7 Å². The lowest BCUT2D eigenvalue weighted by atomic mass is 10.1. The fourth-order valence-electron chi connectivity index (χ4n) is 1.29. The van der Waals surface area contributed by atoms with E-state index in [9.17, 15) is 4.79 Å². The molecule has 1 atom stereocenters. The minimum absolute atomic E-state index is 0.402. The van der Waals surface area contributed by atoms with Crippen LogP contribution in [0.5, 0.6) is 0 Å². The maximum Gasteiger partial charge on any atom is 0.337 e. The predicted molar refractivity (Wildman–Crippen MR) is 62.7 cm³/mol. The van der Waals surface area contributed by atoms with E-state index in [4.69, 9.17) is 21.4 Å². The highest BCUT2D eigenvalue weighted by Gasteiger charge is 2.28. The molecule has 4 heteroatoms. The molecule has 16 heavy (non-hydrogen) atoms. The third kappa shape index (κ3) is 3.51. The lowest BCUT2D eigenvalue weighted by Gasteiger charge is -2.25. The van der Waals surface area contributed by atoms with E-state index < -0.39 is 17.7 Å². The van der Waals surface area contributed by atoms with Crippen molar-refractivity contribution in [3.63, 3.8) is 0 Å². The van der Waals surface area contributed by atoms with Crippen molar-refractivity contribution in [1.82, 2.24) is 0 Å². The van der Waals surface area contributed by atoms with Gasteiger partial charge >= 0.3 is 5.97 Å². The van der Waals surface area contributed by atoms with E-state index in [0.717, 1.165) is 0 Å². The Morgan fingerprint density at radius 1 is 1.38 bits per heavy atom. The molecule has 0 spiro atoms. The third-order valence-electron chi connectivity index (χ3n) is 1.88. The van der Waals surface area contributed by atoms with Crippen LogP contribution in [0.15, 0.2) is 24.3 Å². The van der Waals surface area contributed by atoms with Crippen molar-refractivity contribution in [3.8, 4) is 0 Å². The Bertz CT molecular complexity index is 382. The molecule has 0 bridgehead atoms. The van der Waals surface area contributed by atoms with Gasteiger partial charge in [-0.3, -0.25) is 0 Å². The Kier molecular flexibility index (Phi) is 3.94. The molecule has 0 aromatic heterocycles. The fraction of sp³-hybridized carbons (Fsp3) is 0.417. The number of carboxylic acids is 1. The van der Waals surface area contributed by atoms with Gasteiger partial charge in [0.2, 0.25) is 0 Å². The quantitative estimate of drug-likeness (QED) is 0.885. The first-order valence-electron chi connectivity index (χ1n) is 4.96. The first-order chi connectivity index (χ1) is 7.31. The molecule has 1 rings (SSSR count). The van der Waals surface area contributed by atoms with Crippen molar-refractivity contribution in [3.05, 3.63) is 34.9 Å². The van der Waals surface area contributed by atoms with Crippen molar-refractivity contribution in [1.29, 1.82) is 0 Å². The molecule has 0 aliphatic rings. The molecular formula is C12H15ClO3. The van der Waals surface area contributed by atoms with E-state index in [2.05, 4.69) is 0 Å². The van der Waals surface area contributed by atoms with Gasteiger partial charge in [-0.15, -0.1) is 0 Å². The van der Waals surface area contributed by atoms with E-state index in [0.29, 0.717) is 10.6 Å². The van der Waals surface area contributed by atoms with Gasteiger partial charge in [0.25, 0.3) is 0 Å². The summed E-state index contributed by atoms with van der Waals surface area (Å²) in [5.41, 5.74) is -0.0611. The highest BCUT2D eigenvalue weighted by molar-refractivity contribution is 6.31. The minimum Gasteiger partial charge on any atom is -0.479 e. The zero-order chi connectivity index (χ0) is 12.3. The van der Waals surface area contributed by atoms with Crippen molar-refractivity contribution in [2.75, 3.05) is 0 Å². The van der Waals surface area contributed by atoms with E-state index in [-0.39, 0.29) is 0 Å². The van der Waals surface area contributed by atoms with E-state index in [1.165, 1.54) is 0 Å². The standard InChI is InChI=1S/C12H15ClO3/c1-12(2,3)16-10(11(14)15)8-6-4-5-7-9(8)13/h4-7,10H,1-3H3,(H,14,15). The smallest absolute Gasteiger partial charge is 0.337 e. The summed E-state index contributed by atoms with van der Waals surface area (Å²) >= 11 is 5.95. The number of hydrogen-bond donors (Lipinski definition) is 1. The molecule has 0 aliphatic heterocycles. The molecule has 0 heterocycles. The minimum atomic E-state index is -1.04. The van der Waals surface area contributed by atoms with Gasteiger partial charge in [0, 0.05) is 10.6 Å². The monoisotopic (exact) mass is 242 g/mol. The van der Waals surface area contributed by atoms with Gasteiger partial charge in [-0.2, -0.15) is 0 Å². The van der Waals surface area contributed by atoms with Crippen LogP contribution in [-0.2, 0) is 9.53 Å². The number of ether oxygens (including phenoxy) is 1. The second-order valence-electron chi connectivity index (χ2n) is 4.47. The highest BCUT2D eigenvalue weighted by atomic mass is 35.5. The van der Waals surface area contributed by atoms with Crippen molar-refractivity contribution < 1.29 is 14.6 Å². The summed E-state index contributed by atoms with van der Waals surface area (Å²) in [7, 11) is 0. The summed E-state index contributed by atoms with van der Waals surface area (Å²) < 4.78 is 5.48. The lowest BCUT2D eigenvalue weighted by molar-refractivity contribution is -0.160. The second kappa shape index (κ2) is 4.85.